The molecule has 3 rings (SSSR count). The van der Waals surface area contributed by atoms with Crippen molar-refractivity contribution in [3.05, 3.63) is 64.7 Å². The van der Waals surface area contributed by atoms with E-state index in [0.29, 0.717) is 24.1 Å². The molecule has 9 heteroatoms. The topological polar surface area (TPSA) is 96.0 Å². The van der Waals surface area contributed by atoms with E-state index in [1.807, 2.05) is 30.4 Å². The van der Waals surface area contributed by atoms with E-state index >= 15 is 0 Å². The van der Waals surface area contributed by atoms with Gasteiger partial charge < -0.3 is 18.9 Å². The van der Waals surface area contributed by atoms with Gasteiger partial charge in [0.15, 0.2) is 0 Å². The summed E-state index contributed by atoms with van der Waals surface area (Å²) in [6.45, 7) is 6.72. The second-order valence-corrected chi connectivity index (χ2v) is 11.6. The Morgan fingerprint density at radius 1 is 0.895 bits per heavy atom. The maximum absolute atomic E-state index is 11.7. The number of methoxy groups -OCH3 is 4. The Hall–Kier alpha value is -3.56. The molecule has 0 aliphatic carbocycles. The average Bonchev–Trinajstić information content (AvgIpc) is 2.86. The Labute approximate surface area is 225 Å². The first-order chi connectivity index (χ1) is 17.9. The molecule has 3 aromatic rings. The highest BCUT2D eigenvalue weighted by molar-refractivity contribution is 7.92. The second-order valence-electron chi connectivity index (χ2n) is 9.86. The Bertz CT molecular complexity index is 1430. The van der Waals surface area contributed by atoms with Gasteiger partial charge >= 0.3 is 0 Å². The van der Waals surface area contributed by atoms with Crippen LogP contribution in [0, 0.1) is 0 Å². The molecule has 0 amide bonds. The second kappa shape index (κ2) is 11.9. The summed E-state index contributed by atoms with van der Waals surface area (Å²) in [5.74, 6) is 1.69. The smallest absolute Gasteiger partial charge is 0.229 e. The monoisotopic (exact) mass is 540 g/mol. The summed E-state index contributed by atoms with van der Waals surface area (Å²) >= 11 is 0. The summed E-state index contributed by atoms with van der Waals surface area (Å²) in [7, 11) is 3.02. The van der Waals surface area contributed by atoms with Gasteiger partial charge in [-0.2, -0.15) is 4.98 Å². The lowest BCUT2D eigenvalue weighted by atomic mass is 9.83. The van der Waals surface area contributed by atoms with Crippen molar-refractivity contribution in [3.63, 3.8) is 0 Å². The molecule has 38 heavy (non-hydrogen) atoms. The van der Waals surface area contributed by atoms with Crippen LogP contribution >= 0.6 is 0 Å². The van der Waals surface area contributed by atoms with Crippen LogP contribution in [-0.2, 0) is 26.8 Å². The molecule has 204 valence electrons. The van der Waals surface area contributed by atoms with Crippen molar-refractivity contribution < 1.29 is 27.4 Å². The van der Waals surface area contributed by atoms with Gasteiger partial charge in [0.2, 0.25) is 21.8 Å². The molecular weight excluding hydrogens is 504 g/mol. The number of pyridine rings is 1. The zero-order valence-corrected chi connectivity index (χ0v) is 24.0. The van der Waals surface area contributed by atoms with Gasteiger partial charge in [0.1, 0.15) is 5.75 Å². The van der Waals surface area contributed by atoms with Crippen LogP contribution in [0.3, 0.4) is 0 Å². The highest BCUT2D eigenvalue weighted by atomic mass is 32.2. The summed E-state index contributed by atoms with van der Waals surface area (Å²) in [6, 6.07) is 13.2. The number of aromatic nitrogens is 1. The van der Waals surface area contributed by atoms with Gasteiger partial charge in [-0.15, -0.1) is 0 Å². The van der Waals surface area contributed by atoms with Crippen molar-refractivity contribution in [2.24, 2.45) is 0 Å². The van der Waals surface area contributed by atoms with Crippen LogP contribution in [0.2, 0.25) is 0 Å². The van der Waals surface area contributed by atoms with Crippen LogP contribution in [0.4, 0.5) is 5.69 Å². The van der Waals surface area contributed by atoms with Crippen LogP contribution in [0.15, 0.2) is 42.5 Å². The molecule has 0 saturated carbocycles. The van der Waals surface area contributed by atoms with Gasteiger partial charge in [0, 0.05) is 35.6 Å². The number of ether oxygens (including phenoxy) is 4. The maximum atomic E-state index is 11.7. The van der Waals surface area contributed by atoms with E-state index in [-0.39, 0.29) is 5.41 Å². The SMILES string of the molecule is COCc1cc(NS(C)(=O)=O)ccc1C=Cc1cc(-c2ccc(OC)nc2OC)cc(C(C)(C)C)c1OC. The van der Waals surface area contributed by atoms with Crippen molar-refractivity contribution in [2.75, 3.05) is 39.4 Å². The van der Waals surface area contributed by atoms with E-state index in [9.17, 15) is 8.42 Å². The molecule has 0 spiro atoms. The lowest BCUT2D eigenvalue weighted by molar-refractivity contribution is 0.185. The molecule has 0 radical (unpaired) electrons. The molecule has 1 N–H and O–H groups in total. The first-order valence-corrected chi connectivity index (χ1v) is 13.9. The van der Waals surface area contributed by atoms with Crippen molar-refractivity contribution in [1.29, 1.82) is 0 Å². The minimum atomic E-state index is -3.39. The summed E-state index contributed by atoms with van der Waals surface area (Å²) in [5.41, 5.74) is 5.64. The van der Waals surface area contributed by atoms with Gasteiger partial charge in [-0.3, -0.25) is 4.72 Å². The molecule has 1 aromatic heterocycles. The molecule has 0 unspecified atom stereocenters. The standard InChI is InChI=1S/C29H36N2O6S/c1-29(2,3)25-17-21(24-13-14-26(35-5)30-28(24)37-7)15-20(27(25)36-6)10-9-19-11-12-23(31-38(8,32)33)16-22(19)18-34-4/h9-17,31H,18H2,1-8H3. The highest BCUT2D eigenvalue weighted by Gasteiger charge is 2.23. The third kappa shape index (κ3) is 7.05. The fourth-order valence-electron chi connectivity index (χ4n) is 4.13. The van der Waals surface area contributed by atoms with Gasteiger partial charge in [-0.05, 0) is 52.4 Å². The van der Waals surface area contributed by atoms with Gasteiger partial charge in [0.05, 0.1) is 34.2 Å². The molecule has 0 saturated heterocycles. The number of anilines is 1. The number of sulfonamides is 1. The zero-order valence-electron chi connectivity index (χ0n) is 23.2. The molecule has 0 bridgehead atoms. The Morgan fingerprint density at radius 2 is 1.61 bits per heavy atom. The third-order valence-electron chi connectivity index (χ3n) is 5.87. The number of nitrogens with one attached hydrogen (secondary N) is 1. The van der Waals surface area contributed by atoms with Crippen LogP contribution in [0.1, 0.15) is 43.0 Å². The van der Waals surface area contributed by atoms with Crippen LogP contribution in [0.5, 0.6) is 17.5 Å². The molecule has 0 aliphatic rings. The van der Waals surface area contributed by atoms with E-state index in [1.165, 1.54) is 0 Å². The highest BCUT2D eigenvalue weighted by Crippen LogP contribution is 2.41. The first kappa shape index (κ1) is 29.0. The number of hydrogen-bond donors (Lipinski definition) is 1. The first-order valence-electron chi connectivity index (χ1n) is 12.0. The van der Waals surface area contributed by atoms with Crippen molar-refractivity contribution in [3.8, 4) is 28.6 Å². The van der Waals surface area contributed by atoms with E-state index in [2.05, 4.69) is 36.5 Å². The van der Waals surface area contributed by atoms with Crippen molar-refractivity contribution in [2.45, 2.75) is 32.8 Å². The van der Waals surface area contributed by atoms with Gasteiger partial charge in [0.25, 0.3) is 0 Å². The lowest BCUT2D eigenvalue weighted by Gasteiger charge is -2.25. The molecule has 0 atom stereocenters. The Balaban J connectivity index is 2.18. The third-order valence-corrected chi connectivity index (χ3v) is 6.47. The zero-order chi connectivity index (χ0) is 28.1. The lowest BCUT2D eigenvalue weighted by Crippen LogP contribution is -2.14. The normalized spacial score (nSPS) is 12.0. The molecule has 0 fully saturated rings. The van der Waals surface area contributed by atoms with E-state index in [0.717, 1.165) is 45.4 Å². The van der Waals surface area contributed by atoms with Crippen LogP contribution < -0.4 is 18.9 Å². The summed E-state index contributed by atoms with van der Waals surface area (Å²) in [4.78, 5) is 4.45. The van der Waals surface area contributed by atoms with Gasteiger partial charge in [-0.1, -0.05) is 39.0 Å². The predicted octanol–water partition coefficient (Wildman–Crippen LogP) is 5.76. The molecule has 1 heterocycles. The van der Waals surface area contributed by atoms with Crippen LogP contribution in [0.25, 0.3) is 23.3 Å². The number of benzene rings is 2. The maximum Gasteiger partial charge on any atom is 0.229 e. The minimum absolute atomic E-state index is 0.211. The van der Waals surface area contributed by atoms with E-state index < -0.39 is 10.0 Å². The predicted molar refractivity (Wildman–Crippen MR) is 153 cm³/mol. The van der Waals surface area contributed by atoms with Crippen LogP contribution in [-0.4, -0.2) is 48.1 Å². The number of hydrogen-bond acceptors (Lipinski definition) is 7. The summed E-state index contributed by atoms with van der Waals surface area (Å²) in [6.07, 6.45) is 5.07. The summed E-state index contributed by atoms with van der Waals surface area (Å²) < 4.78 is 48.0. The Morgan fingerprint density at radius 3 is 2.18 bits per heavy atom. The molecular formula is C29H36N2O6S. The average molecular weight is 541 g/mol. The largest absolute Gasteiger partial charge is 0.496 e. The van der Waals surface area contributed by atoms with Gasteiger partial charge in [-0.25, -0.2) is 8.42 Å². The fraction of sp³-hybridized carbons (Fsp3) is 0.345. The minimum Gasteiger partial charge on any atom is -0.496 e. The number of rotatable bonds is 10. The molecule has 8 nitrogen and oxygen atoms in total. The van der Waals surface area contributed by atoms with E-state index in [1.54, 1.807) is 46.6 Å². The van der Waals surface area contributed by atoms with E-state index in [4.69, 9.17) is 18.9 Å². The van der Waals surface area contributed by atoms with Crippen molar-refractivity contribution in [1.82, 2.24) is 4.98 Å². The molecule has 2 aromatic carbocycles. The fourth-order valence-corrected chi connectivity index (χ4v) is 4.69. The Kier molecular flexibility index (Phi) is 9.06. The molecule has 0 aliphatic heterocycles. The summed E-state index contributed by atoms with van der Waals surface area (Å²) in [5, 5.41) is 0. The number of nitrogens with zero attached hydrogens (tertiary/aromatic N) is 1. The van der Waals surface area contributed by atoms with Crippen molar-refractivity contribution >= 4 is 27.9 Å². The quantitative estimate of drug-likeness (QED) is 0.327.